The summed E-state index contributed by atoms with van der Waals surface area (Å²) in [5.74, 6) is 0.480. The van der Waals surface area contributed by atoms with Crippen LogP contribution in [0.4, 0.5) is 5.69 Å². The number of carbonyl (C=O) groups is 2. The Balaban J connectivity index is 1.83. The van der Waals surface area contributed by atoms with E-state index < -0.39 is 6.04 Å². The molecule has 0 aliphatic heterocycles. The Labute approximate surface area is 212 Å². The average molecular weight is 491 g/mol. The fourth-order valence-electron chi connectivity index (χ4n) is 5.15. The number of carbonyl (C=O) groups excluding carboxylic acids is 2. The lowest BCUT2D eigenvalue weighted by Gasteiger charge is -2.34. The van der Waals surface area contributed by atoms with Crippen LogP contribution in [0.15, 0.2) is 53.9 Å². The largest absolute Gasteiger partial charge is 0.497 e. The summed E-state index contributed by atoms with van der Waals surface area (Å²) in [4.78, 5) is 30.7. The molecular weight excluding hydrogens is 456 g/mol. The number of anilines is 1. The molecule has 1 aliphatic carbocycles. The highest BCUT2D eigenvalue weighted by Crippen LogP contribution is 2.36. The van der Waals surface area contributed by atoms with E-state index in [1.165, 1.54) is 0 Å². The minimum atomic E-state index is -0.783. The lowest BCUT2D eigenvalue weighted by Crippen LogP contribution is -2.47. The van der Waals surface area contributed by atoms with Crippen molar-refractivity contribution >= 4 is 28.8 Å². The molecular formula is C29H34N2O3S. The zero-order chi connectivity index (χ0) is 24.9. The van der Waals surface area contributed by atoms with Gasteiger partial charge in [0.25, 0.3) is 0 Å². The molecule has 2 aromatic carbocycles. The summed E-state index contributed by atoms with van der Waals surface area (Å²) in [7, 11) is 1.62. The van der Waals surface area contributed by atoms with Crippen molar-refractivity contribution in [2.75, 3.05) is 12.0 Å². The van der Waals surface area contributed by atoms with Crippen molar-refractivity contribution in [3.63, 3.8) is 0 Å². The van der Waals surface area contributed by atoms with Gasteiger partial charge in [-0.15, -0.1) is 11.3 Å². The predicted molar refractivity (Wildman–Crippen MR) is 142 cm³/mol. The molecule has 1 fully saturated rings. The third-order valence-electron chi connectivity index (χ3n) is 6.69. The highest BCUT2D eigenvalue weighted by molar-refractivity contribution is 7.10. The Hall–Kier alpha value is -3.12. The van der Waals surface area contributed by atoms with Crippen molar-refractivity contribution in [2.45, 2.75) is 65.0 Å². The van der Waals surface area contributed by atoms with Crippen LogP contribution in [-0.2, 0) is 16.0 Å². The third-order valence-corrected chi connectivity index (χ3v) is 7.57. The molecule has 35 heavy (non-hydrogen) atoms. The molecule has 4 rings (SSSR count). The van der Waals surface area contributed by atoms with Crippen LogP contribution >= 0.6 is 11.3 Å². The van der Waals surface area contributed by atoms with Gasteiger partial charge in [-0.2, -0.15) is 0 Å². The number of nitrogens with one attached hydrogen (secondary N) is 1. The molecule has 2 amide bonds. The molecule has 1 saturated carbocycles. The summed E-state index contributed by atoms with van der Waals surface area (Å²) >= 11 is 1.56. The molecule has 184 valence electrons. The second kappa shape index (κ2) is 11.1. The van der Waals surface area contributed by atoms with Gasteiger partial charge in [0.2, 0.25) is 11.8 Å². The van der Waals surface area contributed by atoms with Crippen LogP contribution in [0.1, 0.15) is 58.9 Å². The molecule has 1 aromatic heterocycles. The predicted octanol–water partition coefficient (Wildman–Crippen LogP) is 6.06. The van der Waals surface area contributed by atoms with Crippen molar-refractivity contribution in [3.8, 4) is 5.75 Å². The Morgan fingerprint density at radius 1 is 1.06 bits per heavy atom. The molecule has 1 N–H and O–H groups in total. The normalized spacial score (nSPS) is 14.5. The van der Waals surface area contributed by atoms with Crippen molar-refractivity contribution < 1.29 is 14.3 Å². The van der Waals surface area contributed by atoms with Crippen LogP contribution < -0.4 is 15.0 Å². The van der Waals surface area contributed by atoms with E-state index >= 15 is 0 Å². The van der Waals surface area contributed by atoms with Crippen molar-refractivity contribution in [1.82, 2.24) is 5.32 Å². The number of rotatable bonds is 8. The molecule has 0 bridgehead atoms. The molecule has 1 heterocycles. The minimum Gasteiger partial charge on any atom is -0.497 e. The summed E-state index contributed by atoms with van der Waals surface area (Å²) in [5, 5.41) is 5.23. The molecule has 0 saturated heterocycles. The fourth-order valence-corrected chi connectivity index (χ4v) is 5.85. The molecule has 0 spiro atoms. The number of thiophene rings is 1. The van der Waals surface area contributed by atoms with Gasteiger partial charge in [0.15, 0.2) is 0 Å². The van der Waals surface area contributed by atoms with Gasteiger partial charge in [-0.3, -0.25) is 14.5 Å². The van der Waals surface area contributed by atoms with Gasteiger partial charge in [0, 0.05) is 10.9 Å². The smallest absolute Gasteiger partial charge is 0.248 e. The van der Waals surface area contributed by atoms with E-state index in [-0.39, 0.29) is 24.3 Å². The van der Waals surface area contributed by atoms with E-state index in [1.807, 2.05) is 55.6 Å². The van der Waals surface area contributed by atoms with Gasteiger partial charge in [0.1, 0.15) is 11.8 Å². The number of hydrogen-bond acceptors (Lipinski definition) is 4. The van der Waals surface area contributed by atoms with Crippen molar-refractivity contribution in [3.05, 3.63) is 81.0 Å². The second-order valence-electron chi connectivity index (χ2n) is 9.43. The first-order chi connectivity index (χ1) is 16.9. The van der Waals surface area contributed by atoms with Crippen LogP contribution in [0.5, 0.6) is 5.75 Å². The number of benzene rings is 2. The third kappa shape index (κ3) is 5.76. The van der Waals surface area contributed by atoms with E-state index in [9.17, 15) is 9.59 Å². The first-order valence-electron chi connectivity index (χ1n) is 12.2. The number of amides is 2. The summed E-state index contributed by atoms with van der Waals surface area (Å²) in [6.07, 6.45) is 4.44. The van der Waals surface area contributed by atoms with Crippen LogP contribution in [0.3, 0.4) is 0 Å². The topological polar surface area (TPSA) is 58.6 Å². The minimum absolute atomic E-state index is 0.0927. The van der Waals surface area contributed by atoms with Gasteiger partial charge in [0.05, 0.1) is 19.2 Å². The van der Waals surface area contributed by atoms with Crippen LogP contribution in [0.25, 0.3) is 0 Å². The number of ether oxygens (including phenoxy) is 1. The van der Waals surface area contributed by atoms with Crippen LogP contribution in [0, 0.1) is 20.8 Å². The quantitative estimate of drug-likeness (QED) is 0.418. The standard InChI is InChI=1S/C29H34N2O3S/c1-19-16-20(2)27(21(3)17-19)31(26(32)18-25-10-7-15-35-25)28(22-11-13-24(34-4)14-12-22)29(33)30-23-8-5-6-9-23/h7,10-17,23,28H,5-6,8-9,18H2,1-4H3,(H,30,33)/t28-/m0/s1. The van der Waals surface area contributed by atoms with Gasteiger partial charge in [-0.1, -0.05) is 48.7 Å². The number of methoxy groups -OCH3 is 1. The van der Waals surface area contributed by atoms with Crippen LogP contribution in [0.2, 0.25) is 0 Å². The molecule has 1 atom stereocenters. The maximum absolute atomic E-state index is 14.0. The summed E-state index contributed by atoms with van der Waals surface area (Å²) in [6.45, 7) is 6.08. The summed E-state index contributed by atoms with van der Waals surface area (Å²) in [5.41, 5.74) is 4.66. The SMILES string of the molecule is COc1ccc([C@@H](C(=O)NC2CCCC2)N(C(=O)Cc2cccs2)c2c(C)cc(C)cc2C)cc1. The molecule has 0 unspecified atom stereocenters. The summed E-state index contributed by atoms with van der Waals surface area (Å²) in [6, 6.07) is 14.9. The number of nitrogens with zero attached hydrogens (tertiary/aromatic N) is 1. The Morgan fingerprint density at radius 3 is 2.29 bits per heavy atom. The molecule has 1 aliphatic rings. The Kier molecular flexibility index (Phi) is 7.91. The lowest BCUT2D eigenvalue weighted by atomic mass is 9.97. The van der Waals surface area contributed by atoms with E-state index in [1.54, 1.807) is 23.3 Å². The first kappa shape index (κ1) is 25.0. The molecule has 0 radical (unpaired) electrons. The van der Waals surface area contributed by atoms with Crippen molar-refractivity contribution in [2.24, 2.45) is 0 Å². The maximum atomic E-state index is 14.0. The van der Waals surface area contributed by atoms with E-state index in [4.69, 9.17) is 4.74 Å². The fraction of sp³-hybridized carbons (Fsp3) is 0.379. The van der Waals surface area contributed by atoms with E-state index in [2.05, 4.69) is 24.4 Å². The number of hydrogen-bond donors (Lipinski definition) is 1. The molecule has 6 heteroatoms. The lowest BCUT2D eigenvalue weighted by molar-refractivity contribution is -0.127. The van der Waals surface area contributed by atoms with E-state index in [0.29, 0.717) is 5.75 Å². The maximum Gasteiger partial charge on any atom is 0.248 e. The highest BCUT2D eigenvalue weighted by atomic mass is 32.1. The monoisotopic (exact) mass is 490 g/mol. The summed E-state index contributed by atoms with van der Waals surface area (Å²) < 4.78 is 5.35. The second-order valence-corrected chi connectivity index (χ2v) is 10.5. The van der Waals surface area contributed by atoms with Crippen LogP contribution in [-0.4, -0.2) is 25.0 Å². The zero-order valence-corrected chi connectivity index (χ0v) is 21.8. The molecule has 5 nitrogen and oxygen atoms in total. The Morgan fingerprint density at radius 2 is 1.71 bits per heavy atom. The van der Waals surface area contributed by atoms with Gasteiger partial charge in [-0.05, 0) is 73.9 Å². The van der Waals surface area contributed by atoms with Gasteiger partial charge >= 0.3 is 0 Å². The Bertz CT molecular complexity index is 1140. The average Bonchev–Trinajstić information content (AvgIpc) is 3.52. The number of aryl methyl sites for hydroxylation is 3. The van der Waals surface area contributed by atoms with Gasteiger partial charge in [-0.25, -0.2) is 0 Å². The van der Waals surface area contributed by atoms with Crippen molar-refractivity contribution in [1.29, 1.82) is 0 Å². The van der Waals surface area contributed by atoms with E-state index in [0.717, 1.165) is 58.5 Å². The zero-order valence-electron chi connectivity index (χ0n) is 21.0. The molecule has 3 aromatic rings. The first-order valence-corrected chi connectivity index (χ1v) is 13.1. The highest BCUT2D eigenvalue weighted by Gasteiger charge is 2.35. The van der Waals surface area contributed by atoms with Gasteiger partial charge < -0.3 is 10.1 Å².